The molecular weight excluding hydrogens is 345 g/mol. The van der Waals surface area contributed by atoms with Crippen molar-refractivity contribution in [2.24, 2.45) is 0 Å². The molecule has 1 saturated heterocycles. The Morgan fingerprint density at radius 2 is 1.62 bits per heavy atom. The highest BCUT2D eigenvalue weighted by atomic mass is 19.4. The first kappa shape index (κ1) is 18.0. The molecule has 0 unspecified atom stereocenters. The van der Waals surface area contributed by atoms with E-state index in [1.807, 2.05) is 0 Å². The normalized spacial score (nSPS) is 15.0. The standard InChI is InChI=1S/C19H17F3N2O2/c20-19(21,22)14-6-8-15(9-7-14)23-18(26)13-4-10-16(11-5-13)24-12-2-1-3-17(24)25/h4-11H,1-3,12H2,(H,23,26). The van der Waals surface area contributed by atoms with Gasteiger partial charge in [0.15, 0.2) is 0 Å². The Bertz CT molecular complexity index is 799. The quantitative estimate of drug-likeness (QED) is 0.876. The molecule has 2 aromatic carbocycles. The van der Waals surface area contributed by atoms with Gasteiger partial charge in [-0.25, -0.2) is 0 Å². The molecule has 0 aromatic heterocycles. The zero-order valence-electron chi connectivity index (χ0n) is 13.8. The summed E-state index contributed by atoms with van der Waals surface area (Å²) >= 11 is 0. The SMILES string of the molecule is O=C(Nc1ccc(C(F)(F)F)cc1)c1ccc(N2CCCCC2=O)cc1. The number of hydrogen-bond acceptors (Lipinski definition) is 2. The number of carbonyl (C=O) groups is 2. The van der Waals surface area contributed by atoms with Crippen LogP contribution in [0.4, 0.5) is 24.5 Å². The van der Waals surface area contributed by atoms with Crippen LogP contribution in [0, 0.1) is 0 Å². The van der Waals surface area contributed by atoms with Crippen LogP contribution in [0.1, 0.15) is 35.2 Å². The van der Waals surface area contributed by atoms with Gasteiger partial charge in [0.1, 0.15) is 0 Å². The molecule has 26 heavy (non-hydrogen) atoms. The molecular formula is C19H17F3N2O2. The fourth-order valence-electron chi connectivity index (χ4n) is 2.82. The molecule has 0 atom stereocenters. The van der Waals surface area contributed by atoms with Crippen molar-refractivity contribution in [3.05, 3.63) is 59.7 Å². The number of halogens is 3. The minimum absolute atomic E-state index is 0.0678. The molecule has 4 nitrogen and oxygen atoms in total. The fraction of sp³-hybridized carbons (Fsp3) is 0.263. The van der Waals surface area contributed by atoms with Crippen molar-refractivity contribution in [1.82, 2.24) is 0 Å². The summed E-state index contributed by atoms with van der Waals surface area (Å²) in [6.07, 6.45) is -2.05. The zero-order chi connectivity index (χ0) is 18.7. The highest BCUT2D eigenvalue weighted by molar-refractivity contribution is 6.04. The first-order chi connectivity index (χ1) is 12.3. The molecule has 0 radical (unpaired) electrons. The Morgan fingerprint density at radius 3 is 2.19 bits per heavy atom. The summed E-state index contributed by atoms with van der Waals surface area (Å²) in [5.41, 5.74) is 0.600. The molecule has 3 rings (SSSR count). The van der Waals surface area contributed by atoms with E-state index in [-0.39, 0.29) is 11.6 Å². The Labute approximate surface area is 148 Å². The van der Waals surface area contributed by atoms with Crippen LogP contribution in [-0.2, 0) is 11.0 Å². The molecule has 1 aliphatic rings. The molecule has 136 valence electrons. The Hall–Kier alpha value is -2.83. The lowest BCUT2D eigenvalue weighted by molar-refractivity contribution is -0.137. The third-order valence-electron chi connectivity index (χ3n) is 4.23. The molecule has 7 heteroatoms. The van der Waals surface area contributed by atoms with Gasteiger partial charge in [0.05, 0.1) is 5.56 Å². The van der Waals surface area contributed by atoms with Crippen LogP contribution < -0.4 is 10.2 Å². The van der Waals surface area contributed by atoms with E-state index in [2.05, 4.69) is 5.32 Å². The van der Waals surface area contributed by atoms with Crippen LogP contribution in [-0.4, -0.2) is 18.4 Å². The maximum absolute atomic E-state index is 12.6. The average molecular weight is 362 g/mol. The predicted molar refractivity (Wildman–Crippen MR) is 92.0 cm³/mol. The number of piperidine rings is 1. The van der Waals surface area contributed by atoms with E-state index in [1.165, 1.54) is 12.1 Å². The molecule has 2 amide bonds. The molecule has 2 aromatic rings. The first-order valence-electron chi connectivity index (χ1n) is 8.23. The van der Waals surface area contributed by atoms with Crippen molar-refractivity contribution in [3.63, 3.8) is 0 Å². The van der Waals surface area contributed by atoms with Crippen molar-refractivity contribution in [3.8, 4) is 0 Å². The van der Waals surface area contributed by atoms with Gasteiger partial charge in [0.2, 0.25) is 5.91 Å². The second kappa shape index (κ2) is 7.19. The van der Waals surface area contributed by atoms with Gasteiger partial charge >= 0.3 is 6.18 Å². The van der Waals surface area contributed by atoms with Crippen LogP contribution in [0.15, 0.2) is 48.5 Å². The van der Waals surface area contributed by atoms with Crippen molar-refractivity contribution >= 4 is 23.2 Å². The summed E-state index contributed by atoms with van der Waals surface area (Å²) in [6, 6.07) is 10.8. The van der Waals surface area contributed by atoms with Gasteiger partial charge in [0, 0.05) is 29.9 Å². The van der Waals surface area contributed by atoms with Crippen LogP contribution in [0.2, 0.25) is 0 Å². The molecule has 1 N–H and O–H groups in total. The lowest BCUT2D eigenvalue weighted by Crippen LogP contribution is -2.35. The number of amides is 2. The fourth-order valence-corrected chi connectivity index (χ4v) is 2.82. The number of anilines is 2. The number of benzene rings is 2. The summed E-state index contributed by atoms with van der Waals surface area (Å²) in [7, 11) is 0. The minimum atomic E-state index is -4.41. The van der Waals surface area contributed by atoms with Gasteiger partial charge in [-0.15, -0.1) is 0 Å². The van der Waals surface area contributed by atoms with E-state index in [9.17, 15) is 22.8 Å². The molecule has 0 saturated carbocycles. The van der Waals surface area contributed by atoms with Gasteiger partial charge in [-0.1, -0.05) is 0 Å². The zero-order valence-corrected chi connectivity index (χ0v) is 13.8. The Balaban J connectivity index is 1.67. The lowest BCUT2D eigenvalue weighted by Gasteiger charge is -2.26. The number of nitrogens with zero attached hydrogens (tertiary/aromatic N) is 1. The summed E-state index contributed by atoms with van der Waals surface area (Å²) < 4.78 is 37.7. The maximum atomic E-state index is 12.6. The topological polar surface area (TPSA) is 49.4 Å². The van der Waals surface area contributed by atoms with Crippen LogP contribution in [0.25, 0.3) is 0 Å². The van der Waals surface area contributed by atoms with E-state index in [4.69, 9.17) is 0 Å². The summed E-state index contributed by atoms with van der Waals surface area (Å²) in [5, 5.41) is 2.56. The third kappa shape index (κ3) is 4.04. The second-order valence-electron chi connectivity index (χ2n) is 6.08. The molecule has 1 fully saturated rings. The molecule has 0 bridgehead atoms. The second-order valence-corrected chi connectivity index (χ2v) is 6.08. The van der Waals surface area contributed by atoms with E-state index >= 15 is 0 Å². The van der Waals surface area contributed by atoms with Crippen molar-refractivity contribution < 1.29 is 22.8 Å². The van der Waals surface area contributed by atoms with Gasteiger partial charge in [-0.2, -0.15) is 13.2 Å². The number of rotatable bonds is 3. The van der Waals surface area contributed by atoms with Crippen molar-refractivity contribution in [1.29, 1.82) is 0 Å². The van der Waals surface area contributed by atoms with E-state index in [0.29, 0.717) is 18.5 Å². The Kier molecular flexibility index (Phi) is 4.97. The first-order valence-corrected chi connectivity index (χ1v) is 8.23. The van der Waals surface area contributed by atoms with E-state index in [0.717, 1.165) is 30.7 Å². The smallest absolute Gasteiger partial charge is 0.322 e. The third-order valence-corrected chi connectivity index (χ3v) is 4.23. The van der Waals surface area contributed by atoms with Gasteiger partial charge in [-0.05, 0) is 61.4 Å². The van der Waals surface area contributed by atoms with E-state index < -0.39 is 17.6 Å². The predicted octanol–water partition coefficient (Wildman–Crippen LogP) is 4.47. The maximum Gasteiger partial charge on any atom is 0.416 e. The van der Waals surface area contributed by atoms with Gasteiger partial charge in [0.25, 0.3) is 5.91 Å². The van der Waals surface area contributed by atoms with Crippen molar-refractivity contribution in [2.75, 3.05) is 16.8 Å². The monoisotopic (exact) mass is 362 g/mol. The summed E-state index contributed by atoms with van der Waals surface area (Å²) in [5.74, 6) is -0.362. The number of alkyl halides is 3. The van der Waals surface area contributed by atoms with Gasteiger partial charge < -0.3 is 10.2 Å². The largest absolute Gasteiger partial charge is 0.416 e. The lowest BCUT2D eigenvalue weighted by atomic mass is 10.1. The number of hydrogen-bond donors (Lipinski definition) is 1. The summed E-state index contributed by atoms with van der Waals surface area (Å²) in [4.78, 5) is 25.8. The minimum Gasteiger partial charge on any atom is -0.322 e. The van der Waals surface area contributed by atoms with Crippen LogP contribution in [0.3, 0.4) is 0 Å². The number of nitrogens with one attached hydrogen (secondary N) is 1. The van der Waals surface area contributed by atoms with E-state index in [1.54, 1.807) is 29.2 Å². The highest BCUT2D eigenvalue weighted by Crippen LogP contribution is 2.30. The van der Waals surface area contributed by atoms with Crippen LogP contribution >= 0.6 is 0 Å². The molecule has 1 heterocycles. The number of carbonyl (C=O) groups excluding carboxylic acids is 2. The van der Waals surface area contributed by atoms with Crippen LogP contribution in [0.5, 0.6) is 0 Å². The molecule has 1 aliphatic heterocycles. The van der Waals surface area contributed by atoms with Crippen molar-refractivity contribution in [2.45, 2.75) is 25.4 Å². The summed E-state index contributed by atoms with van der Waals surface area (Å²) in [6.45, 7) is 0.663. The Morgan fingerprint density at radius 1 is 0.962 bits per heavy atom. The molecule has 0 aliphatic carbocycles. The van der Waals surface area contributed by atoms with Gasteiger partial charge in [-0.3, -0.25) is 9.59 Å². The average Bonchev–Trinajstić information content (AvgIpc) is 2.62. The highest BCUT2D eigenvalue weighted by Gasteiger charge is 2.30. The molecule has 0 spiro atoms.